The predicted octanol–water partition coefficient (Wildman–Crippen LogP) is -1.23. The molecule has 82 valence electrons. The number of hydrogen-bond acceptors (Lipinski definition) is 7. The third-order valence-corrected chi connectivity index (χ3v) is 1.94. The van der Waals surface area contributed by atoms with Gasteiger partial charge in [-0.05, 0) is 13.0 Å². The molecule has 0 aromatic rings. The van der Waals surface area contributed by atoms with Gasteiger partial charge in [0, 0.05) is 0 Å². The highest BCUT2D eigenvalue weighted by Crippen LogP contribution is 1.97. The molecule has 1 unspecified atom stereocenters. The smallest absolute Gasteiger partial charge is 0.391 e. The van der Waals surface area contributed by atoms with Crippen LogP contribution in [0.5, 0.6) is 0 Å². The van der Waals surface area contributed by atoms with Gasteiger partial charge in [-0.3, -0.25) is 4.18 Å². The van der Waals surface area contributed by atoms with E-state index in [0.29, 0.717) is 6.42 Å². The molecule has 0 heterocycles. The monoisotopic (exact) mass is 216 g/mol. The molecule has 0 bridgehead atoms. The summed E-state index contributed by atoms with van der Waals surface area (Å²) < 4.78 is 29.3. The van der Waals surface area contributed by atoms with Crippen molar-refractivity contribution in [1.29, 1.82) is 0 Å². The first kappa shape index (κ1) is 15.2. The fourth-order valence-electron chi connectivity index (χ4n) is 0.486. The first-order valence-electron chi connectivity index (χ1n) is 3.35. The molecular weight excluding hydrogens is 200 g/mol. The molecule has 0 fully saturated rings. The second-order valence-electron chi connectivity index (χ2n) is 2.09. The molecule has 8 heteroatoms. The number of rotatable bonds is 6. The molecular formula is C5H16N2O5S. The molecule has 0 aliphatic rings. The standard InChI is InChI=1S/C5H13NO5S.H3N/c1-10-12(8,9)11-4-5(7)2-3-6;/h5,7H,2-4,6H2,1H3;1H3. The van der Waals surface area contributed by atoms with Crippen molar-refractivity contribution in [3.05, 3.63) is 0 Å². The van der Waals surface area contributed by atoms with Crippen LogP contribution in [0, 0.1) is 0 Å². The lowest BCUT2D eigenvalue weighted by Crippen LogP contribution is -2.22. The largest absolute Gasteiger partial charge is 0.399 e. The molecule has 13 heavy (non-hydrogen) atoms. The van der Waals surface area contributed by atoms with Crippen LogP contribution in [0.3, 0.4) is 0 Å². The summed E-state index contributed by atoms with van der Waals surface area (Å²) in [7, 11) is -2.96. The summed E-state index contributed by atoms with van der Waals surface area (Å²) in [5.74, 6) is 0. The summed E-state index contributed by atoms with van der Waals surface area (Å²) in [6.45, 7) is -0.0507. The Morgan fingerprint density at radius 1 is 1.54 bits per heavy atom. The van der Waals surface area contributed by atoms with Gasteiger partial charge >= 0.3 is 10.4 Å². The fraction of sp³-hybridized carbons (Fsp3) is 1.00. The van der Waals surface area contributed by atoms with E-state index < -0.39 is 16.5 Å². The maximum absolute atomic E-state index is 10.5. The van der Waals surface area contributed by atoms with E-state index in [4.69, 9.17) is 10.8 Å². The van der Waals surface area contributed by atoms with Gasteiger partial charge < -0.3 is 17.0 Å². The Kier molecular flexibility index (Phi) is 8.42. The van der Waals surface area contributed by atoms with Crippen LogP contribution in [-0.2, 0) is 18.8 Å². The van der Waals surface area contributed by atoms with Crippen LogP contribution in [0.25, 0.3) is 0 Å². The summed E-state index contributed by atoms with van der Waals surface area (Å²) >= 11 is 0. The predicted molar refractivity (Wildman–Crippen MR) is 46.6 cm³/mol. The summed E-state index contributed by atoms with van der Waals surface area (Å²) in [6.07, 6.45) is -0.584. The second-order valence-corrected chi connectivity index (χ2v) is 3.48. The van der Waals surface area contributed by atoms with Gasteiger partial charge in [-0.15, -0.1) is 0 Å². The van der Waals surface area contributed by atoms with E-state index in [9.17, 15) is 8.42 Å². The van der Waals surface area contributed by atoms with E-state index in [1.54, 1.807) is 0 Å². The van der Waals surface area contributed by atoms with Gasteiger partial charge in [0.1, 0.15) is 0 Å². The normalized spacial score (nSPS) is 13.5. The zero-order valence-electron chi connectivity index (χ0n) is 7.47. The molecule has 0 aromatic carbocycles. The maximum atomic E-state index is 10.5. The van der Waals surface area contributed by atoms with E-state index in [1.807, 2.05) is 0 Å². The molecule has 0 saturated heterocycles. The second kappa shape index (κ2) is 7.18. The molecule has 0 amide bonds. The maximum Gasteiger partial charge on any atom is 0.399 e. The fourth-order valence-corrected chi connectivity index (χ4v) is 0.906. The molecule has 7 nitrogen and oxygen atoms in total. The molecule has 0 rings (SSSR count). The van der Waals surface area contributed by atoms with Crippen molar-refractivity contribution in [3.63, 3.8) is 0 Å². The van der Waals surface area contributed by atoms with Crippen molar-refractivity contribution in [2.45, 2.75) is 12.5 Å². The highest BCUT2D eigenvalue weighted by molar-refractivity contribution is 7.81. The summed E-state index contributed by atoms with van der Waals surface area (Å²) in [5.41, 5.74) is 5.11. The molecule has 6 N–H and O–H groups in total. The molecule has 0 aromatic heterocycles. The average Bonchev–Trinajstić information content (AvgIpc) is 2.02. The van der Waals surface area contributed by atoms with Gasteiger partial charge in [0.25, 0.3) is 0 Å². The third kappa shape index (κ3) is 8.09. The van der Waals surface area contributed by atoms with Crippen molar-refractivity contribution in [3.8, 4) is 0 Å². The summed E-state index contributed by atoms with van der Waals surface area (Å²) in [6, 6.07) is 0. The summed E-state index contributed by atoms with van der Waals surface area (Å²) in [5, 5.41) is 8.98. The van der Waals surface area contributed by atoms with Crippen LogP contribution in [0.15, 0.2) is 0 Å². The van der Waals surface area contributed by atoms with Crippen LogP contribution >= 0.6 is 0 Å². The lowest BCUT2D eigenvalue weighted by atomic mass is 10.3. The van der Waals surface area contributed by atoms with E-state index in [1.165, 1.54) is 0 Å². The van der Waals surface area contributed by atoms with Gasteiger partial charge in [-0.1, -0.05) is 0 Å². The van der Waals surface area contributed by atoms with Crippen LogP contribution < -0.4 is 11.9 Å². The molecule has 1 atom stereocenters. The Labute approximate surface area is 77.7 Å². The highest BCUT2D eigenvalue weighted by atomic mass is 32.3. The van der Waals surface area contributed by atoms with E-state index in [-0.39, 0.29) is 19.3 Å². The topological polar surface area (TPSA) is 134 Å². The van der Waals surface area contributed by atoms with Crippen molar-refractivity contribution >= 4 is 10.4 Å². The lowest BCUT2D eigenvalue weighted by molar-refractivity contribution is 0.0951. The Morgan fingerprint density at radius 3 is 2.46 bits per heavy atom. The van der Waals surface area contributed by atoms with Crippen molar-refractivity contribution in [2.24, 2.45) is 5.73 Å². The number of hydrogen-bond donors (Lipinski definition) is 3. The first-order chi connectivity index (χ1) is 5.52. The lowest BCUT2D eigenvalue weighted by Gasteiger charge is -2.08. The molecule has 0 spiro atoms. The zero-order chi connectivity index (χ0) is 9.61. The molecule has 0 saturated carbocycles. The van der Waals surface area contributed by atoms with Crippen molar-refractivity contribution < 1.29 is 21.9 Å². The molecule has 0 aliphatic heterocycles. The minimum Gasteiger partial charge on any atom is -0.391 e. The molecule has 0 radical (unpaired) electrons. The summed E-state index contributed by atoms with van der Waals surface area (Å²) in [4.78, 5) is 0. The molecule has 0 aliphatic carbocycles. The first-order valence-corrected chi connectivity index (χ1v) is 4.68. The van der Waals surface area contributed by atoms with Crippen LogP contribution in [0.1, 0.15) is 6.42 Å². The van der Waals surface area contributed by atoms with Gasteiger partial charge in [-0.25, -0.2) is 4.18 Å². The number of aliphatic hydroxyl groups excluding tert-OH is 1. The Hall–Kier alpha value is -0.250. The van der Waals surface area contributed by atoms with Crippen LogP contribution in [0.2, 0.25) is 0 Å². The SMILES string of the molecule is COS(=O)(=O)OCC(O)CCN.N. The quantitative estimate of drug-likeness (QED) is 0.505. The Balaban J connectivity index is 0. The third-order valence-electron chi connectivity index (χ3n) is 1.11. The average molecular weight is 216 g/mol. The Bertz CT molecular complexity index is 205. The van der Waals surface area contributed by atoms with Gasteiger partial charge in [0.2, 0.25) is 0 Å². The van der Waals surface area contributed by atoms with E-state index in [2.05, 4.69) is 8.37 Å². The van der Waals surface area contributed by atoms with Gasteiger partial charge in [0.15, 0.2) is 0 Å². The number of aliphatic hydroxyl groups is 1. The van der Waals surface area contributed by atoms with Crippen LogP contribution in [-0.4, -0.2) is 39.9 Å². The van der Waals surface area contributed by atoms with Crippen LogP contribution in [0.4, 0.5) is 0 Å². The van der Waals surface area contributed by atoms with Gasteiger partial charge in [0.05, 0.1) is 19.8 Å². The highest BCUT2D eigenvalue weighted by Gasteiger charge is 2.12. The van der Waals surface area contributed by atoms with Crippen molar-refractivity contribution in [2.75, 3.05) is 20.3 Å². The van der Waals surface area contributed by atoms with E-state index in [0.717, 1.165) is 7.11 Å². The van der Waals surface area contributed by atoms with Crippen molar-refractivity contribution in [1.82, 2.24) is 6.15 Å². The number of nitrogens with two attached hydrogens (primary N) is 1. The minimum atomic E-state index is -3.93. The van der Waals surface area contributed by atoms with Gasteiger partial charge in [-0.2, -0.15) is 8.42 Å². The van der Waals surface area contributed by atoms with E-state index >= 15 is 0 Å². The Morgan fingerprint density at radius 2 is 2.08 bits per heavy atom. The zero-order valence-corrected chi connectivity index (χ0v) is 8.29. The minimum absolute atomic E-state index is 0.